The molecule has 0 atom stereocenters. The first-order valence-corrected chi connectivity index (χ1v) is 8.56. The SMILES string of the molecule is NC(=Nc1ccccc1)Nc1cccc(NC(=O)Nc2ccc(Cl)cc2)c1. The molecule has 27 heavy (non-hydrogen) atoms. The molecule has 2 amide bonds. The van der Waals surface area contributed by atoms with E-state index >= 15 is 0 Å². The van der Waals surface area contributed by atoms with Crippen LogP contribution < -0.4 is 21.7 Å². The van der Waals surface area contributed by atoms with Crippen molar-refractivity contribution < 1.29 is 4.79 Å². The van der Waals surface area contributed by atoms with E-state index < -0.39 is 0 Å². The van der Waals surface area contributed by atoms with Gasteiger partial charge in [0, 0.05) is 22.1 Å². The Labute approximate surface area is 162 Å². The minimum absolute atomic E-state index is 0.254. The van der Waals surface area contributed by atoms with Gasteiger partial charge >= 0.3 is 6.03 Å². The molecule has 0 bridgehead atoms. The van der Waals surface area contributed by atoms with Gasteiger partial charge in [0.05, 0.1) is 5.69 Å². The second-order valence-corrected chi connectivity index (χ2v) is 6.06. The van der Waals surface area contributed by atoms with Crippen molar-refractivity contribution in [1.82, 2.24) is 0 Å². The van der Waals surface area contributed by atoms with Crippen molar-refractivity contribution in [2.24, 2.45) is 10.7 Å². The van der Waals surface area contributed by atoms with E-state index in [-0.39, 0.29) is 12.0 Å². The van der Waals surface area contributed by atoms with Gasteiger partial charge in [0.2, 0.25) is 0 Å². The van der Waals surface area contributed by atoms with Crippen molar-refractivity contribution >= 4 is 46.3 Å². The number of halogens is 1. The zero-order valence-corrected chi connectivity index (χ0v) is 15.1. The number of nitrogens with two attached hydrogens (primary N) is 1. The predicted molar refractivity (Wildman–Crippen MR) is 112 cm³/mol. The van der Waals surface area contributed by atoms with Crippen molar-refractivity contribution in [3.05, 3.63) is 83.9 Å². The van der Waals surface area contributed by atoms with Gasteiger partial charge in [-0.3, -0.25) is 0 Å². The summed E-state index contributed by atoms with van der Waals surface area (Å²) in [7, 11) is 0. The van der Waals surface area contributed by atoms with E-state index in [0.29, 0.717) is 22.1 Å². The Kier molecular flexibility index (Phi) is 5.91. The molecule has 136 valence electrons. The summed E-state index contributed by atoms with van der Waals surface area (Å²) in [6.45, 7) is 0. The molecular weight excluding hydrogens is 362 g/mol. The molecule has 0 aliphatic heterocycles. The topological polar surface area (TPSA) is 91.5 Å². The van der Waals surface area contributed by atoms with Crippen LogP contribution in [0.4, 0.5) is 27.5 Å². The van der Waals surface area contributed by atoms with Gasteiger partial charge in [-0.2, -0.15) is 0 Å². The molecule has 0 spiro atoms. The van der Waals surface area contributed by atoms with Crippen LogP contribution in [0.25, 0.3) is 0 Å². The Hall–Kier alpha value is -3.51. The van der Waals surface area contributed by atoms with E-state index in [1.165, 1.54) is 0 Å². The number of benzene rings is 3. The molecule has 0 saturated heterocycles. The zero-order chi connectivity index (χ0) is 19.1. The highest BCUT2D eigenvalue weighted by Gasteiger charge is 2.04. The number of para-hydroxylation sites is 1. The van der Waals surface area contributed by atoms with Crippen molar-refractivity contribution in [1.29, 1.82) is 0 Å². The van der Waals surface area contributed by atoms with Gasteiger partial charge in [-0.15, -0.1) is 0 Å². The Morgan fingerprint density at radius 2 is 1.41 bits per heavy atom. The fourth-order valence-corrected chi connectivity index (χ4v) is 2.44. The van der Waals surface area contributed by atoms with Crippen LogP contribution in [0.1, 0.15) is 0 Å². The van der Waals surface area contributed by atoms with Crippen molar-refractivity contribution in [3.63, 3.8) is 0 Å². The first-order chi connectivity index (χ1) is 13.1. The second-order valence-electron chi connectivity index (χ2n) is 5.62. The van der Waals surface area contributed by atoms with E-state index in [1.54, 1.807) is 42.5 Å². The van der Waals surface area contributed by atoms with E-state index in [1.807, 2.05) is 36.4 Å². The Morgan fingerprint density at radius 3 is 2.11 bits per heavy atom. The third-order valence-electron chi connectivity index (χ3n) is 3.50. The lowest BCUT2D eigenvalue weighted by Gasteiger charge is -2.10. The Bertz CT molecular complexity index is 942. The van der Waals surface area contributed by atoms with Crippen molar-refractivity contribution in [2.45, 2.75) is 0 Å². The summed E-state index contributed by atoms with van der Waals surface area (Å²) in [6.07, 6.45) is 0. The summed E-state index contributed by atoms with van der Waals surface area (Å²) < 4.78 is 0. The number of rotatable bonds is 4. The Morgan fingerprint density at radius 1 is 0.778 bits per heavy atom. The standard InChI is InChI=1S/C20H18ClN5O/c21-14-9-11-16(12-10-14)25-20(27)26-18-8-4-7-17(13-18)24-19(22)23-15-5-2-1-3-6-15/h1-13H,(H3,22,23,24)(H2,25,26,27). The van der Waals surface area contributed by atoms with Crippen molar-refractivity contribution in [2.75, 3.05) is 16.0 Å². The first-order valence-electron chi connectivity index (χ1n) is 8.18. The molecule has 0 radical (unpaired) electrons. The molecule has 0 aliphatic carbocycles. The number of guanidine groups is 1. The number of hydrogen-bond donors (Lipinski definition) is 4. The largest absolute Gasteiger partial charge is 0.369 e. The van der Waals surface area contributed by atoms with Gasteiger partial charge < -0.3 is 21.7 Å². The predicted octanol–water partition coefficient (Wildman–Crippen LogP) is 5.04. The third kappa shape index (κ3) is 5.76. The van der Waals surface area contributed by atoms with E-state index in [9.17, 15) is 4.79 Å². The molecule has 0 aromatic heterocycles. The lowest BCUT2D eigenvalue weighted by Crippen LogP contribution is -2.22. The van der Waals surface area contributed by atoms with E-state index in [0.717, 1.165) is 5.69 Å². The quantitative estimate of drug-likeness (QED) is 0.378. The second kappa shape index (κ2) is 8.73. The van der Waals surface area contributed by atoms with Crippen LogP contribution in [0.15, 0.2) is 83.9 Å². The minimum Gasteiger partial charge on any atom is -0.369 e. The number of anilines is 3. The van der Waals surface area contributed by atoms with Gasteiger partial charge in [-0.1, -0.05) is 35.9 Å². The first kappa shape index (κ1) is 18.3. The van der Waals surface area contributed by atoms with E-state index in [2.05, 4.69) is 20.9 Å². The number of urea groups is 1. The van der Waals surface area contributed by atoms with Gasteiger partial charge in [-0.05, 0) is 54.6 Å². The number of aliphatic imine (C=N–C) groups is 1. The summed E-state index contributed by atoms with van der Waals surface area (Å²) >= 11 is 5.83. The molecule has 0 heterocycles. The molecule has 3 aromatic carbocycles. The Balaban J connectivity index is 1.62. The highest BCUT2D eigenvalue weighted by Crippen LogP contribution is 2.17. The molecule has 0 unspecified atom stereocenters. The summed E-state index contributed by atoms with van der Waals surface area (Å²) in [4.78, 5) is 16.4. The summed E-state index contributed by atoms with van der Waals surface area (Å²) in [5.41, 5.74) is 8.64. The normalized spacial score (nSPS) is 10.9. The molecule has 3 aromatic rings. The summed E-state index contributed by atoms with van der Waals surface area (Å²) in [5.74, 6) is 0.254. The maximum absolute atomic E-state index is 12.1. The van der Waals surface area contributed by atoms with Gasteiger partial charge in [0.1, 0.15) is 0 Å². The number of amides is 2. The smallest absolute Gasteiger partial charge is 0.323 e. The molecule has 0 saturated carbocycles. The average Bonchev–Trinajstić information content (AvgIpc) is 2.64. The van der Waals surface area contributed by atoms with Crippen LogP contribution in [-0.2, 0) is 0 Å². The number of carbonyl (C=O) groups is 1. The maximum Gasteiger partial charge on any atom is 0.323 e. The number of hydrogen-bond acceptors (Lipinski definition) is 2. The fourth-order valence-electron chi connectivity index (χ4n) is 2.32. The van der Waals surface area contributed by atoms with Crippen molar-refractivity contribution in [3.8, 4) is 0 Å². The van der Waals surface area contributed by atoms with Crippen LogP contribution in [0, 0.1) is 0 Å². The molecule has 0 aliphatic rings. The van der Waals surface area contributed by atoms with Gasteiger partial charge in [0.15, 0.2) is 5.96 Å². The molecule has 7 heteroatoms. The minimum atomic E-state index is -0.361. The fraction of sp³-hybridized carbons (Fsp3) is 0. The average molecular weight is 380 g/mol. The number of nitrogens with zero attached hydrogens (tertiary/aromatic N) is 1. The molecular formula is C20H18ClN5O. The molecule has 5 N–H and O–H groups in total. The van der Waals surface area contributed by atoms with Crippen LogP contribution in [0.3, 0.4) is 0 Å². The van der Waals surface area contributed by atoms with Crippen LogP contribution >= 0.6 is 11.6 Å². The lowest BCUT2D eigenvalue weighted by atomic mass is 10.2. The zero-order valence-electron chi connectivity index (χ0n) is 14.3. The molecule has 0 fully saturated rings. The van der Waals surface area contributed by atoms with Crippen LogP contribution in [-0.4, -0.2) is 12.0 Å². The maximum atomic E-state index is 12.1. The van der Waals surface area contributed by atoms with Crippen LogP contribution in [0.2, 0.25) is 5.02 Å². The van der Waals surface area contributed by atoms with Crippen LogP contribution in [0.5, 0.6) is 0 Å². The number of carbonyl (C=O) groups excluding carboxylic acids is 1. The van der Waals surface area contributed by atoms with Gasteiger partial charge in [0.25, 0.3) is 0 Å². The van der Waals surface area contributed by atoms with E-state index in [4.69, 9.17) is 17.3 Å². The third-order valence-corrected chi connectivity index (χ3v) is 3.75. The highest BCUT2D eigenvalue weighted by atomic mass is 35.5. The molecule has 3 rings (SSSR count). The summed E-state index contributed by atoms with van der Waals surface area (Å²) in [6, 6.07) is 23.0. The monoisotopic (exact) mass is 379 g/mol. The highest BCUT2D eigenvalue weighted by molar-refractivity contribution is 6.30. The number of nitrogens with one attached hydrogen (secondary N) is 3. The summed E-state index contributed by atoms with van der Waals surface area (Å²) in [5, 5.41) is 9.10. The lowest BCUT2D eigenvalue weighted by molar-refractivity contribution is 0.262. The molecule has 6 nitrogen and oxygen atoms in total. The van der Waals surface area contributed by atoms with Gasteiger partial charge in [-0.25, -0.2) is 9.79 Å².